The molecule has 0 bridgehead atoms. The van der Waals surface area contributed by atoms with E-state index in [9.17, 15) is 19.5 Å². The first-order valence-electron chi connectivity index (χ1n) is 10.8. The van der Waals surface area contributed by atoms with Crippen LogP contribution in [-0.4, -0.2) is 46.9 Å². The van der Waals surface area contributed by atoms with Crippen LogP contribution in [0.5, 0.6) is 5.95 Å². The molecule has 3 aromatic rings. The van der Waals surface area contributed by atoms with Crippen molar-refractivity contribution in [1.82, 2.24) is 10.2 Å². The predicted octanol–water partition coefficient (Wildman–Crippen LogP) is 2.21. The molecule has 184 valence electrons. The molecule has 12 heteroatoms. The van der Waals surface area contributed by atoms with Crippen molar-refractivity contribution in [3.05, 3.63) is 45.8 Å². The van der Waals surface area contributed by atoms with E-state index in [0.717, 1.165) is 27.8 Å². The minimum Gasteiger partial charge on any atom is -0.538 e. The predicted molar refractivity (Wildman–Crippen MR) is 127 cm³/mol. The van der Waals surface area contributed by atoms with Crippen molar-refractivity contribution in [3.63, 3.8) is 0 Å². The molecule has 0 aliphatic carbocycles. The molecule has 1 aromatic carbocycles. The number of carbonyl (C=O) groups excluding carboxylic acids is 3. The number of nitrogens with zero attached hydrogens (tertiary/aromatic N) is 3. The standard InChI is InChI=1S/C23H24N4O6S2/c1-12-5-7-15(8-6-12)27-21(23(31)33-25-27)34-13(2)19(29)24-20-18(22(30)32-4)16-9-10-26(14(3)28)11-17(16)35-20/h5-8,13H,9-11H2,1-4H3,(H-,24,25,29,30,31). The third-order valence-electron chi connectivity index (χ3n) is 5.64. The summed E-state index contributed by atoms with van der Waals surface area (Å²) < 4.78 is 11.2. The number of fused-ring (bicyclic) bond motifs is 1. The van der Waals surface area contributed by atoms with E-state index in [2.05, 4.69) is 10.6 Å². The fourth-order valence-corrected chi connectivity index (χ4v) is 5.83. The molecule has 0 fully saturated rings. The number of rotatable bonds is 6. The number of thiophene rings is 1. The molecule has 1 N–H and O–H groups in total. The third kappa shape index (κ3) is 5.03. The summed E-state index contributed by atoms with van der Waals surface area (Å²) in [7, 11) is 1.28. The van der Waals surface area contributed by atoms with Gasteiger partial charge >= 0.3 is 5.97 Å². The minimum atomic E-state index is -0.711. The second kappa shape index (κ2) is 10.1. The maximum Gasteiger partial charge on any atom is 0.341 e. The van der Waals surface area contributed by atoms with Gasteiger partial charge in [-0.25, -0.2) is 4.79 Å². The van der Waals surface area contributed by atoms with Gasteiger partial charge in [0.2, 0.25) is 17.5 Å². The molecule has 2 aromatic heterocycles. The lowest BCUT2D eigenvalue weighted by Crippen LogP contribution is -2.36. The first-order valence-corrected chi connectivity index (χ1v) is 12.5. The zero-order valence-electron chi connectivity index (χ0n) is 19.6. The van der Waals surface area contributed by atoms with Gasteiger partial charge in [0.15, 0.2) is 5.95 Å². The summed E-state index contributed by atoms with van der Waals surface area (Å²) in [6.07, 6.45) is 0.493. The van der Waals surface area contributed by atoms with Gasteiger partial charge in [-0.2, -0.15) is 0 Å². The van der Waals surface area contributed by atoms with Crippen LogP contribution in [0, 0.1) is 6.92 Å². The van der Waals surface area contributed by atoms with Gasteiger partial charge in [0.1, 0.15) is 5.00 Å². The largest absolute Gasteiger partial charge is 0.538 e. The Kier molecular flexibility index (Phi) is 7.13. The van der Waals surface area contributed by atoms with Gasteiger partial charge in [-0.15, -0.1) is 11.3 Å². The number of aryl methyl sites for hydroxylation is 1. The smallest absolute Gasteiger partial charge is 0.341 e. The Balaban J connectivity index is 1.56. The van der Waals surface area contributed by atoms with Gasteiger partial charge in [-0.3, -0.25) is 9.59 Å². The average Bonchev–Trinajstić information content (AvgIpc) is 3.38. The van der Waals surface area contributed by atoms with Crippen LogP contribution >= 0.6 is 23.1 Å². The van der Waals surface area contributed by atoms with E-state index in [1.54, 1.807) is 24.0 Å². The summed E-state index contributed by atoms with van der Waals surface area (Å²) in [5.41, 5.74) is 2.78. The van der Waals surface area contributed by atoms with E-state index in [1.165, 1.54) is 30.1 Å². The van der Waals surface area contributed by atoms with E-state index in [-0.39, 0.29) is 10.9 Å². The first-order chi connectivity index (χ1) is 16.7. The second-order valence-corrected chi connectivity index (χ2v) is 10.5. The van der Waals surface area contributed by atoms with Crippen LogP contribution in [-0.2, 0) is 27.3 Å². The highest BCUT2D eigenvalue weighted by Gasteiger charge is 2.32. The number of esters is 1. The fourth-order valence-electron chi connectivity index (χ4n) is 3.70. The molecule has 1 atom stereocenters. The number of benzene rings is 1. The molecule has 2 amide bonds. The Morgan fingerprint density at radius 2 is 2.03 bits per heavy atom. The van der Waals surface area contributed by atoms with Gasteiger partial charge in [0.05, 0.1) is 29.7 Å². The first kappa shape index (κ1) is 24.7. The van der Waals surface area contributed by atoms with Gasteiger partial charge < -0.3 is 24.6 Å². The molecular weight excluding hydrogens is 492 g/mol. The molecule has 0 radical (unpaired) electrons. The molecular formula is C23H24N4O6S2. The number of hydrogen-bond acceptors (Lipinski definition) is 9. The molecule has 0 saturated heterocycles. The summed E-state index contributed by atoms with van der Waals surface area (Å²) in [5.74, 6) is -1.66. The van der Waals surface area contributed by atoms with Crippen molar-refractivity contribution in [2.24, 2.45) is 0 Å². The number of nitrogens with one attached hydrogen (secondary N) is 1. The van der Waals surface area contributed by atoms with Crippen LogP contribution in [0.2, 0.25) is 0 Å². The average molecular weight is 517 g/mol. The van der Waals surface area contributed by atoms with Gasteiger partial charge in [-0.1, -0.05) is 17.7 Å². The molecule has 4 rings (SSSR count). The van der Waals surface area contributed by atoms with E-state index in [0.29, 0.717) is 35.8 Å². The highest BCUT2D eigenvalue weighted by Crippen LogP contribution is 2.38. The Morgan fingerprint density at radius 3 is 2.69 bits per heavy atom. The Morgan fingerprint density at radius 1 is 1.31 bits per heavy atom. The molecule has 0 spiro atoms. The van der Waals surface area contributed by atoms with E-state index in [4.69, 9.17) is 9.26 Å². The van der Waals surface area contributed by atoms with Gasteiger partial charge in [0.25, 0.3) is 5.03 Å². The molecule has 1 aliphatic rings. The van der Waals surface area contributed by atoms with Gasteiger partial charge in [0, 0.05) is 30.5 Å². The summed E-state index contributed by atoms with van der Waals surface area (Å²) in [4.78, 5) is 40.0. The maximum absolute atomic E-state index is 13.1. The Hall–Kier alpha value is -3.38. The Bertz CT molecular complexity index is 1280. The summed E-state index contributed by atoms with van der Waals surface area (Å²) >= 11 is 2.26. The monoisotopic (exact) mass is 516 g/mol. The quantitative estimate of drug-likeness (QED) is 0.300. The zero-order chi connectivity index (χ0) is 25.3. The molecule has 1 unspecified atom stereocenters. The van der Waals surface area contributed by atoms with Crippen molar-refractivity contribution < 1.29 is 33.4 Å². The summed E-state index contributed by atoms with van der Waals surface area (Å²) in [5, 5.41) is 18.7. The molecule has 0 saturated carbocycles. The lowest BCUT2D eigenvalue weighted by molar-refractivity contribution is -0.705. The van der Waals surface area contributed by atoms with Crippen molar-refractivity contribution in [3.8, 4) is 11.6 Å². The van der Waals surface area contributed by atoms with Crippen LogP contribution in [0.3, 0.4) is 0 Å². The molecule has 1 aliphatic heterocycles. The van der Waals surface area contributed by atoms with Crippen LogP contribution in [0.25, 0.3) is 5.69 Å². The Labute approximate surface area is 209 Å². The lowest BCUT2D eigenvalue weighted by atomic mass is 10.0. The summed E-state index contributed by atoms with van der Waals surface area (Å²) in [6.45, 7) is 5.95. The van der Waals surface area contributed by atoms with Crippen LogP contribution < -0.4 is 15.1 Å². The van der Waals surface area contributed by atoms with E-state index < -0.39 is 23.1 Å². The lowest BCUT2D eigenvalue weighted by Gasteiger charge is -2.25. The van der Waals surface area contributed by atoms with Crippen molar-refractivity contribution in [1.29, 1.82) is 0 Å². The van der Waals surface area contributed by atoms with Crippen LogP contribution in [0.4, 0.5) is 5.00 Å². The molecule has 3 heterocycles. The SMILES string of the molecule is COC(=O)c1c(NC(=O)C(C)Sc2c([O-])on[n+]2-c2ccc(C)cc2)sc2c1CCN(C(C)=O)C2. The van der Waals surface area contributed by atoms with Crippen molar-refractivity contribution in [2.45, 2.75) is 44.0 Å². The summed E-state index contributed by atoms with van der Waals surface area (Å²) in [6, 6.07) is 7.36. The maximum atomic E-state index is 13.1. The normalized spacial score (nSPS) is 13.8. The number of ether oxygens (including phenoxy) is 1. The highest BCUT2D eigenvalue weighted by molar-refractivity contribution is 8.00. The van der Waals surface area contributed by atoms with E-state index >= 15 is 0 Å². The third-order valence-corrected chi connectivity index (χ3v) is 7.90. The van der Waals surface area contributed by atoms with Gasteiger partial charge in [-0.05, 0) is 42.3 Å². The second-order valence-electron chi connectivity index (χ2n) is 8.05. The number of aromatic nitrogens is 2. The fraction of sp³-hybridized carbons (Fsp3) is 0.348. The molecule has 10 nitrogen and oxygen atoms in total. The number of hydrogen-bond donors (Lipinski definition) is 1. The number of thioether (sulfide) groups is 1. The number of carbonyl (C=O) groups is 3. The topological polar surface area (TPSA) is 129 Å². The van der Waals surface area contributed by atoms with Crippen molar-refractivity contribution >= 4 is 45.9 Å². The van der Waals surface area contributed by atoms with E-state index in [1.807, 2.05) is 19.1 Å². The number of anilines is 1. The zero-order valence-corrected chi connectivity index (χ0v) is 21.2. The number of amides is 2. The van der Waals surface area contributed by atoms with Crippen LogP contribution in [0.1, 0.15) is 40.2 Å². The highest BCUT2D eigenvalue weighted by atomic mass is 32.2. The minimum absolute atomic E-state index is 0.0525. The molecule has 35 heavy (non-hydrogen) atoms. The van der Waals surface area contributed by atoms with Crippen LogP contribution in [0.15, 0.2) is 33.8 Å². The number of methoxy groups -OCH3 is 1. The van der Waals surface area contributed by atoms with Crippen molar-refractivity contribution in [2.75, 3.05) is 19.0 Å².